The minimum Gasteiger partial charge on any atom is -0.496 e. The van der Waals surface area contributed by atoms with Crippen molar-refractivity contribution in [3.63, 3.8) is 0 Å². The van der Waals surface area contributed by atoms with Gasteiger partial charge in [0.2, 0.25) is 0 Å². The highest BCUT2D eigenvalue weighted by Gasteiger charge is 2.22. The van der Waals surface area contributed by atoms with Gasteiger partial charge in [-0.25, -0.2) is 0 Å². The van der Waals surface area contributed by atoms with Crippen LogP contribution in [0.1, 0.15) is 16.5 Å². The molecule has 0 saturated heterocycles. The van der Waals surface area contributed by atoms with Gasteiger partial charge < -0.3 is 10.5 Å². The summed E-state index contributed by atoms with van der Waals surface area (Å²) in [5, 5.41) is 2.76. The van der Waals surface area contributed by atoms with Crippen molar-refractivity contribution in [1.29, 1.82) is 0 Å². The van der Waals surface area contributed by atoms with Crippen LogP contribution in [0.15, 0.2) is 34.1 Å². The number of rotatable bonds is 6. The zero-order chi connectivity index (χ0) is 15.4. The number of likely N-dealkylation sites (N-methyl/N-ethyl adjacent to an activating group) is 1. The monoisotopic (exact) mass is 388 g/mol. The SMILES string of the molecule is COc1cccc(Cl)c1C(CN)N(C)Cc1cc(Br)cs1. The normalized spacial score (nSPS) is 12.7. The first kappa shape index (κ1) is 16.8. The fourth-order valence-corrected chi connectivity index (χ4v) is 4.13. The first-order valence-corrected chi connectivity index (χ1v) is 8.57. The highest BCUT2D eigenvalue weighted by atomic mass is 79.9. The summed E-state index contributed by atoms with van der Waals surface area (Å²) in [6.07, 6.45) is 0. The Labute approximate surface area is 142 Å². The quantitative estimate of drug-likeness (QED) is 0.800. The molecule has 2 N–H and O–H groups in total. The van der Waals surface area contributed by atoms with E-state index in [-0.39, 0.29) is 6.04 Å². The van der Waals surface area contributed by atoms with Crippen LogP contribution >= 0.6 is 38.9 Å². The van der Waals surface area contributed by atoms with E-state index in [1.807, 2.05) is 25.2 Å². The Kier molecular flexibility index (Phi) is 6.08. The average molecular weight is 390 g/mol. The van der Waals surface area contributed by atoms with Gasteiger partial charge in [-0.1, -0.05) is 17.7 Å². The minimum atomic E-state index is 0.00882. The van der Waals surface area contributed by atoms with Crippen LogP contribution in [0.2, 0.25) is 5.02 Å². The van der Waals surface area contributed by atoms with Gasteiger partial charge in [0.1, 0.15) is 5.75 Å². The van der Waals surface area contributed by atoms with Crippen LogP contribution in [0.5, 0.6) is 5.75 Å². The largest absolute Gasteiger partial charge is 0.496 e. The zero-order valence-electron chi connectivity index (χ0n) is 12.0. The second kappa shape index (κ2) is 7.61. The fraction of sp³-hybridized carbons (Fsp3) is 0.333. The first-order chi connectivity index (χ1) is 10.1. The zero-order valence-corrected chi connectivity index (χ0v) is 15.1. The molecule has 0 spiro atoms. The van der Waals surface area contributed by atoms with Gasteiger partial charge in [0.25, 0.3) is 0 Å². The van der Waals surface area contributed by atoms with Gasteiger partial charge in [0.05, 0.1) is 13.2 Å². The summed E-state index contributed by atoms with van der Waals surface area (Å²) in [5.41, 5.74) is 6.94. The number of benzene rings is 1. The van der Waals surface area contributed by atoms with Gasteiger partial charge in [0, 0.05) is 38.4 Å². The van der Waals surface area contributed by atoms with Gasteiger partial charge >= 0.3 is 0 Å². The van der Waals surface area contributed by atoms with Crippen LogP contribution in [0, 0.1) is 0 Å². The molecule has 1 aromatic heterocycles. The number of halogens is 2. The smallest absolute Gasteiger partial charge is 0.125 e. The van der Waals surface area contributed by atoms with Crippen molar-refractivity contribution in [2.24, 2.45) is 5.73 Å². The third-order valence-electron chi connectivity index (χ3n) is 3.35. The predicted molar refractivity (Wildman–Crippen MR) is 93.3 cm³/mol. The molecule has 0 saturated carbocycles. The molecule has 3 nitrogen and oxygen atoms in total. The van der Waals surface area contributed by atoms with E-state index in [0.29, 0.717) is 11.6 Å². The molecule has 114 valence electrons. The van der Waals surface area contributed by atoms with Crippen molar-refractivity contribution in [3.05, 3.63) is 49.6 Å². The molecule has 1 aromatic carbocycles. The van der Waals surface area contributed by atoms with Crippen molar-refractivity contribution in [2.75, 3.05) is 20.7 Å². The number of methoxy groups -OCH3 is 1. The molecule has 0 radical (unpaired) electrons. The van der Waals surface area contributed by atoms with Gasteiger partial charge in [-0.15, -0.1) is 11.3 Å². The van der Waals surface area contributed by atoms with Gasteiger partial charge in [0.15, 0.2) is 0 Å². The van der Waals surface area contributed by atoms with E-state index < -0.39 is 0 Å². The van der Waals surface area contributed by atoms with Gasteiger partial charge in [-0.3, -0.25) is 4.90 Å². The second-order valence-corrected chi connectivity index (χ2v) is 7.07. The molecule has 1 heterocycles. The molecule has 21 heavy (non-hydrogen) atoms. The number of hydrogen-bond donors (Lipinski definition) is 1. The first-order valence-electron chi connectivity index (χ1n) is 6.52. The molecule has 0 bridgehead atoms. The van der Waals surface area contributed by atoms with Crippen LogP contribution in [-0.4, -0.2) is 25.6 Å². The minimum absolute atomic E-state index is 0.00882. The molecule has 0 aliphatic heterocycles. The lowest BCUT2D eigenvalue weighted by Gasteiger charge is -2.28. The van der Waals surface area contributed by atoms with Crippen molar-refractivity contribution >= 4 is 38.9 Å². The fourth-order valence-electron chi connectivity index (χ4n) is 2.33. The molecular formula is C15H18BrClN2OS. The maximum Gasteiger partial charge on any atom is 0.125 e. The number of nitrogens with two attached hydrogens (primary N) is 1. The maximum absolute atomic E-state index is 6.37. The Bertz CT molecular complexity index is 605. The summed E-state index contributed by atoms with van der Waals surface area (Å²) in [4.78, 5) is 3.47. The summed E-state index contributed by atoms with van der Waals surface area (Å²) in [6.45, 7) is 1.29. The van der Waals surface area contributed by atoms with E-state index >= 15 is 0 Å². The van der Waals surface area contributed by atoms with Crippen LogP contribution < -0.4 is 10.5 Å². The Morgan fingerprint density at radius 3 is 2.81 bits per heavy atom. The standard InChI is InChI=1S/C15H18BrClN2OS/c1-19(8-11-6-10(16)9-21-11)13(7-18)15-12(17)4-3-5-14(15)20-2/h3-6,9,13H,7-8,18H2,1-2H3. The van der Waals surface area contributed by atoms with E-state index in [4.69, 9.17) is 22.1 Å². The Morgan fingerprint density at radius 1 is 1.48 bits per heavy atom. The molecule has 0 aliphatic carbocycles. The topological polar surface area (TPSA) is 38.5 Å². The van der Waals surface area contributed by atoms with E-state index in [2.05, 4.69) is 32.3 Å². The van der Waals surface area contributed by atoms with Crippen LogP contribution in [-0.2, 0) is 6.54 Å². The molecule has 0 aliphatic rings. The Hall–Kier alpha value is -0.590. The molecule has 0 amide bonds. The van der Waals surface area contributed by atoms with Crippen LogP contribution in [0.25, 0.3) is 0 Å². The Balaban J connectivity index is 2.26. The third-order valence-corrected chi connectivity index (χ3v) is 5.36. The second-order valence-electron chi connectivity index (χ2n) is 4.75. The molecule has 2 aromatic rings. The van der Waals surface area contributed by atoms with E-state index in [1.54, 1.807) is 18.4 Å². The maximum atomic E-state index is 6.37. The summed E-state index contributed by atoms with van der Waals surface area (Å²) >= 11 is 11.6. The Morgan fingerprint density at radius 2 is 2.24 bits per heavy atom. The lowest BCUT2D eigenvalue weighted by atomic mass is 10.0. The molecule has 1 unspecified atom stereocenters. The van der Waals surface area contributed by atoms with Crippen molar-refractivity contribution in [1.82, 2.24) is 4.90 Å². The summed E-state index contributed by atoms with van der Waals surface area (Å²) in [5.74, 6) is 0.775. The van der Waals surface area contributed by atoms with E-state index in [1.165, 1.54) is 4.88 Å². The van der Waals surface area contributed by atoms with Crippen molar-refractivity contribution < 1.29 is 4.74 Å². The van der Waals surface area contributed by atoms with Gasteiger partial charge in [-0.2, -0.15) is 0 Å². The average Bonchev–Trinajstić information content (AvgIpc) is 2.86. The molecule has 1 atom stereocenters. The summed E-state index contributed by atoms with van der Waals surface area (Å²) in [7, 11) is 3.70. The van der Waals surface area contributed by atoms with Crippen molar-refractivity contribution in [3.8, 4) is 5.75 Å². The number of ether oxygens (including phenoxy) is 1. The van der Waals surface area contributed by atoms with Gasteiger partial charge in [-0.05, 0) is 41.2 Å². The molecule has 2 rings (SSSR count). The highest BCUT2D eigenvalue weighted by molar-refractivity contribution is 9.10. The van der Waals surface area contributed by atoms with E-state index in [9.17, 15) is 0 Å². The molecular weight excluding hydrogens is 372 g/mol. The third kappa shape index (κ3) is 3.99. The number of hydrogen-bond acceptors (Lipinski definition) is 4. The summed E-state index contributed by atoms with van der Waals surface area (Å²) in [6, 6.07) is 7.80. The van der Waals surface area contributed by atoms with E-state index in [0.717, 1.165) is 22.3 Å². The number of nitrogens with zero attached hydrogens (tertiary/aromatic N) is 1. The predicted octanol–water partition coefficient (Wildman–Crippen LogP) is 4.30. The molecule has 6 heteroatoms. The van der Waals surface area contributed by atoms with Crippen molar-refractivity contribution in [2.45, 2.75) is 12.6 Å². The summed E-state index contributed by atoms with van der Waals surface area (Å²) < 4.78 is 6.55. The van der Waals surface area contributed by atoms with Crippen LogP contribution in [0.4, 0.5) is 0 Å². The van der Waals surface area contributed by atoms with Crippen LogP contribution in [0.3, 0.4) is 0 Å². The number of thiophene rings is 1. The highest BCUT2D eigenvalue weighted by Crippen LogP contribution is 2.35. The lowest BCUT2D eigenvalue weighted by molar-refractivity contribution is 0.238. The molecule has 0 fully saturated rings. The lowest BCUT2D eigenvalue weighted by Crippen LogP contribution is -2.30.